The lowest BCUT2D eigenvalue weighted by atomic mass is 10.0. The molecule has 0 amide bonds. The molecule has 0 aromatic heterocycles. The van der Waals surface area contributed by atoms with Gasteiger partial charge in [0.15, 0.2) is 0 Å². The molecule has 0 saturated carbocycles. The third-order valence-electron chi connectivity index (χ3n) is 1.70. The molecule has 60 valence electrons. The molecule has 0 aliphatic carbocycles. The molecule has 10 heavy (non-hydrogen) atoms. The van der Waals surface area contributed by atoms with E-state index in [-0.39, 0.29) is 6.04 Å². The molecule has 2 N–H and O–H groups in total. The van der Waals surface area contributed by atoms with Crippen LogP contribution in [-0.4, -0.2) is 24.3 Å². The predicted octanol–water partition coefficient (Wildman–Crippen LogP) is 0.921. The molecule has 0 radical (unpaired) electrons. The number of aliphatic hydroxyl groups is 1. The molecular formula is C8H17NO. The SMILES string of the molecule is C=C(C)C(O)C(CC)NC. The average Bonchev–Trinajstić information content (AvgIpc) is 1.90. The van der Waals surface area contributed by atoms with Crippen molar-refractivity contribution in [1.82, 2.24) is 5.32 Å². The number of rotatable bonds is 4. The number of hydrogen-bond donors (Lipinski definition) is 2. The van der Waals surface area contributed by atoms with E-state index in [1.807, 2.05) is 20.9 Å². The number of likely N-dealkylation sites (N-methyl/N-ethyl adjacent to an activating group) is 1. The van der Waals surface area contributed by atoms with Gasteiger partial charge in [0.1, 0.15) is 0 Å². The van der Waals surface area contributed by atoms with Crippen LogP contribution in [-0.2, 0) is 0 Å². The molecule has 0 spiro atoms. The molecular weight excluding hydrogens is 126 g/mol. The summed E-state index contributed by atoms with van der Waals surface area (Å²) >= 11 is 0. The largest absolute Gasteiger partial charge is 0.387 e. The van der Waals surface area contributed by atoms with Gasteiger partial charge in [-0.3, -0.25) is 0 Å². The molecule has 0 aromatic carbocycles. The van der Waals surface area contributed by atoms with E-state index in [4.69, 9.17) is 0 Å². The van der Waals surface area contributed by atoms with Crippen LogP contribution < -0.4 is 5.32 Å². The Morgan fingerprint density at radius 3 is 2.30 bits per heavy atom. The van der Waals surface area contributed by atoms with Crippen molar-refractivity contribution in [1.29, 1.82) is 0 Å². The number of nitrogens with one attached hydrogen (secondary N) is 1. The fraction of sp³-hybridized carbons (Fsp3) is 0.750. The van der Waals surface area contributed by atoms with Gasteiger partial charge in [0.2, 0.25) is 0 Å². The van der Waals surface area contributed by atoms with E-state index in [0.717, 1.165) is 12.0 Å². The van der Waals surface area contributed by atoms with Gasteiger partial charge in [0.05, 0.1) is 6.10 Å². The summed E-state index contributed by atoms with van der Waals surface area (Å²) in [5.74, 6) is 0. The zero-order chi connectivity index (χ0) is 8.15. The molecule has 2 unspecified atom stereocenters. The Balaban J connectivity index is 3.88. The third-order valence-corrected chi connectivity index (χ3v) is 1.70. The minimum atomic E-state index is -0.407. The van der Waals surface area contributed by atoms with Gasteiger partial charge < -0.3 is 10.4 Å². The van der Waals surface area contributed by atoms with Gasteiger partial charge in [-0.05, 0) is 20.4 Å². The van der Waals surface area contributed by atoms with Crippen LogP contribution in [0.3, 0.4) is 0 Å². The first-order chi connectivity index (χ1) is 4.63. The summed E-state index contributed by atoms with van der Waals surface area (Å²) in [6.45, 7) is 7.55. The molecule has 0 heterocycles. The fourth-order valence-corrected chi connectivity index (χ4v) is 0.929. The summed E-state index contributed by atoms with van der Waals surface area (Å²) in [6, 6.07) is 0.150. The molecule has 2 heteroatoms. The molecule has 2 nitrogen and oxygen atoms in total. The van der Waals surface area contributed by atoms with Crippen LogP contribution in [0.15, 0.2) is 12.2 Å². The lowest BCUT2D eigenvalue weighted by Gasteiger charge is -2.20. The summed E-state index contributed by atoms with van der Waals surface area (Å²) in [5.41, 5.74) is 0.821. The van der Waals surface area contributed by atoms with Crippen molar-refractivity contribution in [3.8, 4) is 0 Å². The van der Waals surface area contributed by atoms with Gasteiger partial charge in [-0.2, -0.15) is 0 Å². The van der Waals surface area contributed by atoms with Crippen molar-refractivity contribution in [3.05, 3.63) is 12.2 Å². The van der Waals surface area contributed by atoms with Gasteiger partial charge in [-0.25, -0.2) is 0 Å². The van der Waals surface area contributed by atoms with Crippen molar-refractivity contribution in [3.63, 3.8) is 0 Å². The normalized spacial score (nSPS) is 16.4. The smallest absolute Gasteiger partial charge is 0.0897 e. The fourth-order valence-electron chi connectivity index (χ4n) is 0.929. The first kappa shape index (κ1) is 9.66. The van der Waals surface area contributed by atoms with Gasteiger partial charge in [-0.1, -0.05) is 19.1 Å². The van der Waals surface area contributed by atoms with Crippen LogP contribution in [0.4, 0.5) is 0 Å². The summed E-state index contributed by atoms with van der Waals surface area (Å²) in [6.07, 6.45) is 0.514. The number of aliphatic hydroxyl groups excluding tert-OH is 1. The zero-order valence-corrected chi connectivity index (χ0v) is 7.02. The second-order valence-corrected chi connectivity index (χ2v) is 2.59. The second kappa shape index (κ2) is 4.47. The highest BCUT2D eigenvalue weighted by atomic mass is 16.3. The van der Waals surface area contributed by atoms with E-state index >= 15 is 0 Å². The molecule has 0 bridgehead atoms. The molecule has 0 aliphatic heterocycles. The van der Waals surface area contributed by atoms with Gasteiger partial charge in [-0.15, -0.1) is 0 Å². The van der Waals surface area contributed by atoms with Crippen molar-refractivity contribution in [2.75, 3.05) is 7.05 Å². The van der Waals surface area contributed by atoms with Crippen LogP contribution in [0.25, 0.3) is 0 Å². The van der Waals surface area contributed by atoms with Crippen molar-refractivity contribution >= 4 is 0 Å². The summed E-state index contributed by atoms with van der Waals surface area (Å²) in [5, 5.41) is 12.4. The van der Waals surface area contributed by atoms with Crippen molar-refractivity contribution < 1.29 is 5.11 Å². The second-order valence-electron chi connectivity index (χ2n) is 2.59. The van der Waals surface area contributed by atoms with Crippen LogP contribution in [0.2, 0.25) is 0 Å². The lowest BCUT2D eigenvalue weighted by Crippen LogP contribution is -2.37. The highest BCUT2D eigenvalue weighted by molar-refractivity contribution is 5.01. The van der Waals surface area contributed by atoms with E-state index in [0.29, 0.717) is 0 Å². The molecule has 0 aliphatic rings. The molecule has 0 fully saturated rings. The molecule has 0 saturated heterocycles. The third kappa shape index (κ3) is 2.50. The molecule has 0 aromatic rings. The van der Waals surface area contributed by atoms with Gasteiger partial charge in [0.25, 0.3) is 0 Å². The highest BCUT2D eigenvalue weighted by Gasteiger charge is 2.14. The number of hydrogen-bond acceptors (Lipinski definition) is 2. The van der Waals surface area contributed by atoms with Crippen molar-refractivity contribution in [2.24, 2.45) is 0 Å². The maximum Gasteiger partial charge on any atom is 0.0897 e. The van der Waals surface area contributed by atoms with E-state index in [2.05, 4.69) is 11.9 Å². The Kier molecular flexibility index (Phi) is 4.32. The standard InChI is InChI=1S/C8H17NO/c1-5-7(9-4)8(10)6(2)3/h7-10H,2,5H2,1,3-4H3. The zero-order valence-electron chi connectivity index (χ0n) is 7.02. The molecule has 0 rings (SSSR count). The van der Waals surface area contributed by atoms with Gasteiger partial charge in [0, 0.05) is 6.04 Å². The Morgan fingerprint density at radius 2 is 2.20 bits per heavy atom. The van der Waals surface area contributed by atoms with E-state index in [9.17, 15) is 5.11 Å². The Bertz CT molecular complexity index is 108. The monoisotopic (exact) mass is 143 g/mol. The predicted molar refractivity (Wildman–Crippen MR) is 44.0 cm³/mol. The lowest BCUT2D eigenvalue weighted by molar-refractivity contribution is 0.162. The quantitative estimate of drug-likeness (QED) is 0.574. The first-order valence-electron chi connectivity index (χ1n) is 3.64. The minimum Gasteiger partial charge on any atom is -0.387 e. The Labute approximate surface area is 62.9 Å². The summed E-state index contributed by atoms with van der Waals surface area (Å²) < 4.78 is 0. The highest BCUT2D eigenvalue weighted by Crippen LogP contribution is 2.05. The molecule has 2 atom stereocenters. The summed E-state index contributed by atoms with van der Waals surface area (Å²) in [4.78, 5) is 0. The van der Waals surface area contributed by atoms with Crippen LogP contribution in [0.1, 0.15) is 20.3 Å². The van der Waals surface area contributed by atoms with Gasteiger partial charge >= 0.3 is 0 Å². The van der Waals surface area contributed by atoms with E-state index in [1.165, 1.54) is 0 Å². The van der Waals surface area contributed by atoms with Crippen molar-refractivity contribution in [2.45, 2.75) is 32.4 Å². The maximum atomic E-state index is 9.42. The topological polar surface area (TPSA) is 32.3 Å². The minimum absolute atomic E-state index is 0.150. The van der Waals surface area contributed by atoms with E-state index < -0.39 is 6.10 Å². The van der Waals surface area contributed by atoms with Crippen LogP contribution in [0, 0.1) is 0 Å². The first-order valence-corrected chi connectivity index (χ1v) is 3.64. The van der Waals surface area contributed by atoms with Crippen LogP contribution in [0.5, 0.6) is 0 Å². The Morgan fingerprint density at radius 1 is 1.70 bits per heavy atom. The van der Waals surface area contributed by atoms with Crippen LogP contribution >= 0.6 is 0 Å². The average molecular weight is 143 g/mol. The Hall–Kier alpha value is -0.340. The summed E-state index contributed by atoms with van der Waals surface area (Å²) in [7, 11) is 1.85. The maximum absolute atomic E-state index is 9.42. The van der Waals surface area contributed by atoms with E-state index in [1.54, 1.807) is 0 Å².